The Labute approximate surface area is 103 Å². The van der Waals surface area contributed by atoms with Crippen LogP contribution in [0.1, 0.15) is 5.01 Å². The van der Waals surface area contributed by atoms with Gasteiger partial charge >= 0.3 is 0 Å². The fraction of sp³-hybridized carbons (Fsp3) is 0.100. The third-order valence-electron chi connectivity index (χ3n) is 2.11. The van der Waals surface area contributed by atoms with Crippen LogP contribution in [0.5, 0.6) is 0 Å². The maximum absolute atomic E-state index is 10.9. The summed E-state index contributed by atoms with van der Waals surface area (Å²) in [7, 11) is -3.54. The highest BCUT2D eigenvalue weighted by Gasteiger charge is 2.11. The first-order chi connectivity index (χ1) is 7.96. The molecule has 0 spiro atoms. The van der Waals surface area contributed by atoms with Crippen LogP contribution in [0.3, 0.4) is 0 Å². The molecular weight excluding hydrogens is 258 g/mol. The Balaban J connectivity index is 2.34. The molecule has 0 aliphatic carbocycles. The molecule has 90 valence electrons. The van der Waals surface area contributed by atoms with E-state index in [9.17, 15) is 8.42 Å². The molecule has 0 unspecified atom stereocenters. The summed E-state index contributed by atoms with van der Waals surface area (Å²) in [6.45, 7) is 0. The highest BCUT2D eigenvalue weighted by Crippen LogP contribution is 2.27. The fourth-order valence-electron chi connectivity index (χ4n) is 1.40. The largest absolute Gasteiger partial charge is 0.398 e. The zero-order valence-corrected chi connectivity index (χ0v) is 10.5. The van der Waals surface area contributed by atoms with Crippen molar-refractivity contribution in [2.24, 2.45) is 5.14 Å². The molecule has 0 radical (unpaired) electrons. The minimum atomic E-state index is -3.54. The lowest BCUT2D eigenvalue weighted by atomic mass is 10.1. The van der Waals surface area contributed by atoms with Gasteiger partial charge in [0.25, 0.3) is 0 Å². The summed E-state index contributed by atoms with van der Waals surface area (Å²) in [4.78, 5) is 4.21. The van der Waals surface area contributed by atoms with Gasteiger partial charge < -0.3 is 5.73 Å². The van der Waals surface area contributed by atoms with Gasteiger partial charge in [-0.25, -0.2) is 18.5 Å². The molecule has 17 heavy (non-hydrogen) atoms. The van der Waals surface area contributed by atoms with Crippen LogP contribution in [0.15, 0.2) is 29.6 Å². The van der Waals surface area contributed by atoms with E-state index in [2.05, 4.69) is 4.98 Å². The molecule has 7 heteroatoms. The number of primary sulfonamides is 1. The third kappa shape index (κ3) is 3.02. The number of nitrogen functional groups attached to an aromatic ring is 1. The van der Waals surface area contributed by atoms with Gasteiger partial charge in [0, 0.05) is 16.6 Å². The van der Waals surface area contributed by atoms with Crippen molar-refractivity contribution in [1.29, 1.82) is 0 Å². The molecule has 0 bridgehead atoms. The van der Waals surface area contributed by atoms with E-state index in [1.54, 1.807) is 11.4 Å². The Hall–Kier alpha value is -1.44. The van der Waals surface area contributed by atoms with Crippen LogP contribution >= 0.6 is 11.3 Å². The first-order valence-electron chi connectivity index (χ1n) is 4.75. The van der Waals surface area contributed by atoms with Crippen LogP contribution in [0.2, 0.25) is 0 Å². The fourth-order valence-corrected chi connectivity index (χ4v) is 3.16. The van der Waals surface area contributed by atoms with Gasteiger partial charge in [0.15, 0.2) is 0 Å². The van der Waals surface area contributed by atoms with Crippen LogP contribution < -0.4 is 10.9 Å². The SMILES string of the molecule is Nc1ccccc1-c1csc(CS(N)(=O)=O)n1. The maximum Gasteiger partial charge on any atom is 0.215 e. The van der Waals surface area contributed by atoms with Gasteiger partial charge in [-0.15, -0.1) is 11.3 Å². The standard InChI is InChI=1S/C10H11N3O2S2/c11-8-4-2-1-3-7(8)9-5-16-10(13-9)6-17(12,14)15/h1-5H,6,11H2,(H2,12,14,15). The predicted molar refractivity (Wildman–Crippen MR) is 68.8 cm³/mol. The zero-order valence-electron chi connectivity index (χ0n) is 8.83. The van der Waals surface area contributed by atoms with Gasteiger partial charge in [0.1, 0.15) is 10.8 Å². The molecule has 0 atom stereocenters. The topological polar surface area (TPSA) is 99.1 Å². The average molecular weight is 269 g/mol. The molecule has 0 saturated heterocycles. The van der Waals surface area contributed by atoms with Gasteiger partial charge in [-0.05, 0) is 6.07 Å². The summed E-state index contributed by atoms with van der Waals surface area (Å²) < 4.78 is 21.9. The van der Waals surface area contributed by atoms with E-state index in [4.69, 9.17) is 10.9 Å². The quantitative estimate of drug-likeness (QED) is 0.817. The Morgan fingerprint density at radius 3 is 2.65 bits per heavy atom. The number of benzene rings is 1. The molecule has 1 heterocycles. The van der Waals surface area contributed by atoms with E-state index in [-0.39, 0.29) is 5.75 Å². The first kappa shape index (κ1) is 12.0. The van der Waals surface area contributed by atoms with Crippen LogP contribution in [0.4, 0.5) is 5.69 Å². The molecule has 1 aromatic carbocycles. The van der Waals surface area contributed by atoms with E-state index >= 15 is 0 Å². The van der Waals surface area contributed by atoms with E-state index in [0.717, 1.165) is 5.56 Å². The number of sulfonamides is 1. The van der Waals surface area contributed by atoms with E-state index in [0.29, 0.717) is 16.4 Å². The van der Waals surface area contributed by atoms with Crippen LogP contribution in [0.25, 0.3) is 11.3 Å². The van der Waals surface area contributed by atoms with Gasteiger partial charge in [0.2, 0.25) is 10.0 Å². The average Bonchev–Trinajstić information content (AvgIpc) is 2.64. The molecule has 0 aliphatic heterocycles. The number of aromatic nitrogens is 1. The molecule has 0 aliphatic rings. The minimum absolute atomic E-state index is 0.246. The normalized spacial score (nSPS) is 11.6. The Kier molecular flexibility index (Phi) is 3.14. The number of anilines is 1. The molecule has 2 rings (SSSR count). The van der Waals surface area contributed by atoms with Gasteiger partial charge in [-0.1, -0.05) is 18.2 Å². The first-order valence-corrected chi connectivity index (χ1v) is 7.35. The Morgan fingerprint density at radius 1 is 1.29 bits per heavy atom. The third-order valence-corrected chi connectivity index (χ3v) is 3.82. The Bertz CT molecular complexity index is 635. The van der Waals surface area contributed by atoms with Crippen molar-refractivity contribution in [2.75, 3.05) is 5.73 Å². The lowest BCUT2D eigenvalue weighted by molar-refractivity contribution is 0.597. The van der Waals surface area contributed by atoms with Crippen molar-refractivity contribution in [3.8, 4) is 11.3 Å². The number of nitrogens with zero attached hydrogens (tertiary/aromatic N) is 1. The lowest BCUT2D eigenvalue weighted by Crippen LogP contribution is -2.14. The highest BCUT2D eigenvalue weighted by molar-refractivity contribution is 7.88. The van der Waals surface area contributed by atoms with E-state index in [1.165, 1.54) is 11.3 Å². The molecule has 0 saturated carbocycles. The molecule has 1 aromatic heterocycles. The second-order valence-electron chi connectivity index (χ2n) is 3.52. The summed E-state index contributed by atoms with van der Waals surface area (Å²) in [5.41, 5.74) is 7.89. The van der Waals surface area contributed by atoms with Crippen molar-refractivity contribution >= 4 is 27.0 Å². The second-order valence-corrected chi connectivity index (χ2v) is 6.08. The van der Waals surface area contributed by atoms with E-state index < -0.39 is 10.0 Å². The van der Waals surface area contributed by atoms with Crippen molar-refractivity contribution < 1.29 is 8.42 Å². The number of hydrogen-bond acceptors (Lipinski definition) is 5. The van der Waals surface area contributed by atoms with Gasteiger partial charge in [-0.3, -0.25) is 0 Å². The summed E-state index contributed by atoms with van der Waals surface area (Å²) in [5.74, 6) is -0.246. The summed E-state index contributed by atoms with van der Waals surface area (Å²) in [6.07, 6.45) is 0. The number of hydrogen-bond donors (Lipinski definition) is 2. The predicted octanol–water partition coefficient (Wildman–Crippen LogP) is 1.18. The smallest absolute Gasteiger partial charge is 0.215 e. The van der Waals surface area contributed by atoms with Crippen LogP contribution in [-0.4, -0.2) is 13.4 Å². The van der Waals surface area contributed by atoms with Crippen molar-refractivity contribution in [3.63, 3.8) is 0 Å². The van der Waals surface area contributed by atoms with Crippen molar-refractivity contribution in [1.82, 2.24) is 4.98 Å². The van der Waals surface area contributed by atoms with E-state index in [1.807, 2.05) is 18.2 Å². The summed E-state index contributed by atoms with van der Waals surface area (Å²) in [5, 5.41) is 7.19. The molecule has 2 aromatic rings. The number of thiazole rings is 1. The lowest BCUT2D eigenvalue weighted by Gasteiger charge is -2.00. The Morgan fingerprint density at radius 2 is 2.00 bits per heavy atom. The van der Waals surface area contributed by atoms with Gasteiger partial charge in [-0.2, -0.15) is 0 Å². The molecule has 0 amide bonds. The van der Waals surface area contributed by atoms with Crippen LogP contribution in [0, 0.1) is 0 Å². The monoisotopic (exact) mass is 269 g/mol. The maximum atomic E-state index is 10.9. The van der Waals surface area contributed by atoms with Crippen molar-refractivity contribution in [3.05, 3.63) is 34.7 Å². The molecule has 0 fully saturated rings. The van der Waals surface area contributed by atoms with Crippen LogP contribution in [-0.2, 0) is 15.8 Å². The molecular formula is C10H11N3O2S2. The summed E-state index contributed by atoms with van der Waals surface area (Å²) in [6, 6.07) is 7.29. The minimum Gasteiger partial charge on any atom is -0.398 e. The molecule has 4 N–H and O–H groups in total. The molecule has 5 nitrogen and oxygen atoms in total. The summed E-state index contributed by atoms with van der Waals surface area (Å²) >= 11 is 1.25. The number of rotatable bonds is 3. The van der Waals surface area contributed by atoms with Gasteiger partial charge in [0.05, 0.1) is 5.69 Å². The number of para-hydroxylation sites is 1. The number of nitrogens with two attached hydrogens (primary N) is 2. The zero-order chi connectivity index (χ0) is 12.5. The highest BCUT2D eigenvalue weighted by atomic mass is 32.2. The van der Waals surface area contributed by atoms with Crippen molar-refractivity contribution in [2.45, 2.75) is 5.75 Å². The second kappa shape index (κ2) is 4.44.